The summed E-state index contributed by atoms with van der Waals surface area (Å²) in [5, 5.41) is 13.0. The highest BCUT2D eigenvalue weighted by molar-refractivity contribution is 5.90. The van der Waals surface area contributed by atoms with Crippen molar-refractivity contribution in [2.75, 3.05) is 69.9 Å². The number of likely N-dealkylation sites (N-methyl/N-ethyl adjacent to an activating group) is 1. The van der Waals surface area contributed by atoms with Crippen molar-refractivity contribution in [3.05, 3.63) is 23.8 Å². The van der Waals surface area contributed by atoms with Gasteiger partial charge in [-0.3, -0.25) is 0 Å². The van der Waals surface area contributed by atoms with Crippen LogP contribution in [0.2, 0.25) is 0 Å². The fourth-order valence-corrected chi connectivity index (χ4v) is 3.03. The van der Waals surface area contributed by atoms with Crippen molar-refractivity contribution in [2.24, 2.45) is 0 Å². The Morgan fingerprint density at radius 3 is 2.69 bits per heavy atom. The third kappa shape index (κ3) is 8.18. The van der Waals surface area contributed by atoms with Gasteiger partial charge in [0.25, 0.3) is 0 Å². The highest BCUT2D eigenvalue weighted by Crippen LogP contribution is 2.23. The van der Waals surface area contributed by atoms with E-state index in [1.807, 2.05) is 32.9 Å². The Morgan fingerprint density at radius 1 is 1.31 bits per heavy atom. The molecule has 29 heavy (non-hydrogen) atoms. The molecular formula is C21H35N3O5. The molecule has 8 nitrogen and oxygen atoms in total. The normalized spacial score (nSPS) is 15.4. The van der Waals surface area contributed by atoms with Gasteiger partial charge in [0.1, 0.15) is 0 Å². The summed E-state index contributed by atoms with van der Waals surface area (Å²) in [6.07, 6.45) is -0.598. The van der Waals surface area contributed by atoms with Crippen LogP contribution in [0.25, 0.3) is 0 Å². The van der Waals surface area contributed by atoms with E-state index in [1.54, 1.807) is 7.05 Å². The maximum atomic E-state index is 12.5. The zero-order valence-electron chi connectivity index (χ0n) is 18.0. The van der Waals surface area contributed by atoms with Crippen LogP contribution >= 0.6 is 0 Å². The van der Waals surface area contributed by atoms with Gasteiger partial charge in [0.2, 0.25) is 0 Å². The molecule has 1 aromatic rings. The number of ether oxygens (including phenoxy) is 3. The highest BCUT2D eigenvalue weighted by atomic mass is 16.5. The molecule has 0 bridgehead atoms. The molecular weight excluding hydrogens is 374 g/mol. The molecule has 1 heterocycles. The predicted octanol–water partition coefficient (Wildman–Crippen LogP) is 2.10. The second kappa shape index (κ2) is 12.0. The maximum absolute atomic E-state index is 12.5. The molecule has 1 saturated heterocycles. The standard InChI is InChI=1S/C21H35N3O5/c1-16(2)29-12-11-28-15-19(25)14-23(4)21(26)22-20-6-5-18(13-17(20)3)24-7-9-27-10-8-24/h5-6,13,16,19,25H,7-12,14-15H2,1-4H3,(H,22,26). The first-order valence-corrected chi connectivity index (χ1v) is 10.2. The van der Waals surface area contributed by atoms with Gasteiger partial charge < -0.3 is 34.4 Å². The van der Waals surface area contributed by atoms with Crippen LogP contribution in [0.1, 0.15) is 19.4 Å². The topological polar surface area (TPSA) is 83.5 Å². The van der Waals surface area contributed by atoms with Crippen LogP contribution in [0, 0.1) is 6.92 Å². The summed E-state index contributed by atoms with van der Waals surface area (Å²) in [5.74, 6) is 0. The van der Waals surface area contributed by atoms with Crippen molar-refractivity contribution in [1.82, 2.24) is 4.90 Å². The van der Waals surface area contributed by atoms with Gasteiger partial charge in [-0.25, -0.2) is 4.79 Å². The minimum Gasteiger partial charge on any atom is -0.389 e. The second-order valence-electron chi connectivity index (χ2n) is 7.56. The molecule has 1 atom stereocenters. The number of carbonyl (C=O) groups is 1. The van der Waals surface area contributed by atoms with Gasteiger partial charge in [0.15, 0.2) is 0 Å². The van der Waals surface area contributed by atoms with E-state index in [4.69, 9.17) is 14.2 Å². The summed E-state index contributed by atoms with van der Waals surface area (Å²) in [5.41, 5.74) is 2.88. The van der Waals surface area contributed by atoms with Crippen molar-refractivity contribution in [3.63, 3.8) is 0 Å². The summed E-state index contributed by atoms with van der Waals surface area (Å²) in [6, 6.07) is 5.73. The number of nitrogens with zero attached hydrogens (tertiary/aromatic N) is 2. The van der Waals surface area contributed by atoms with Crippen LogP contribution in [0.3, 0.4) is 0 Å². The van der Waals surface area contributed by atoms with E-state index in [0.717, 1.165) is 43.2 Å². The number of aliphatic hydroxyl groups is 1. The molecule has 1 unspecified atom stereocenters. The number of benzene rings is 1. The van der Waals surface area contributed by atoms with Crippen molar-refractivity contribution in [1.29, 1.82) is 0 Å². The Bertz CT molecular complexity index is 635. The monoisotopic (exact) mass is 409 g/mol. The SMILES string of the molecule is Cc1cc(N2CCOCC2)ccc1NC(=O)N(C)CC(O)COCCOC(C)C. The van der Waals surface area contributed by atoms with Gasteiger partial charge in [-0.1, -0.05) is 0 Å². The molecule has 8 heteroatoms. The number of hydrogen-bond acceptors (Lipinski definition) is 6. The van der Waals surface area contributed by atoms with E-state index < -0.39 is 6.10 Å². The fourth-order valence-electron chi connectivity index (χ4n) is 3.03. The molecule has 0 aliphatic carbocycles. The molecule has 2 N–H and O–H groups in total. The Morgan fingerprint density at radius 2 is 2.03 bits per heavy atom. The molecule has 0 aromatic heterocycles. The van der Waals surface area contributed by atoms with Gasteiger partial charge in [0.05, 0.1) is 51.8 Å². The van der Waals surface area contributed by atoms with Crippen LogP contribution in [-0.2, 0) is 14.2 Å². The Balaban J connectivity index is 1.76. The smallest absolute Gasteiger partial charge is 0.321 e. The van der Waals surface area contributed by atoms with Crippen molar-refractivity contribution in [3.8, 4) is 0 Å². The lowest BCUT2D eigenvalue weighted by atomic mass is 10.1. The van der Waals surface area contributed by atoms with Crippen LogP contribution in [0.5, 0.6) is 0 Å². The molecule has 2 amide bonds. The Kier molecular flexibility index (Phi) is 9.66. The third-order valence-corrected chi connectivity index (χ3v) is 4.65. The van der Waals surface area contributed by atoms with E-state index in [2.05, 4.69) is 16.3 Å². The predicted molar refractivity (Wildman–Crippen MR) is 114 cm³/mol. The van der Waals surface area contributed by atoms with Crippen LogP contribution in [0.15, 0.2) is 18.2 Å². The van der Waals surface area contributed by atoms with E-state index >= 15 is 0 Å². The molecule has 2 rings (SSSR count). The number of urea groups is 1. The lowest BCUT2D eigenvalue weighted by Gasteiger charge is -2.29. The number of rotatable bonds is 10. The van der Waals surface area contributed by atoms with Crippen LogP contribution < -0.4 is 10.2 Å². The van der Waals surface area contributed by atoms with Crippen molar-refractivity contribution < 1.29 is 24.1 Å². The first-order valence-electron chi connectivity index (χ1n) is 10.2. The average Bonchev–Trinajstić information content (AvgIpc) is 2.69. The quantitative estimate of drug-likeness (QED) is 0.576. The Labute approximate surface area is 173 Å². The molecule has 0 spiro atoms. The van der Waals surface area contributed by atoms with Crippen molar-refractivity contribution in [2.45, 2.75) is 33.0 Å². The average molecular weight is 410 g/mol. The zero-order chi connectivity index (χ0) is 21.2. The molecule has 1 aliphatic heterocycles. The lowest BCUT2D eigenvalue weighted by Crippen LogP contribution is -2.39. The minimum atomic E-state index is -0.755. The first kappa shape index (κ1) is 23.4. The van der Waals surface area contributed by atoms with E-state index in [0.29, 0.717) is 13.2 Å². The number of morpholine rings is 1. The largest absolute Gasteiger partial charge is 0.389 e. The summed E-state index contributed by atoms with van der Waals surface area (Å²) in [6.45, 7) is 10.4. The number of aliphatic hydroxyl groups excluding tert-OH is 1. The highest BCUT2D eigenvalue weighted by Gasteiger charge is 2.16. The molecule has 1 aliphatic rings. The number of hydrogen-bond donors (Lipinski definition) is 2. The van der Waals surface area contributed by atoms with E-state index in [-0.39, 0.29) is 25.3 Å². The lowest BCUT2D eigenvalue weighted by molar-refractivity contribution is -0.0144. The number of nitrogens with one attached hydrogen (secondary N) is 1. The van der Waals surface area contributed by atoms with Gasteiger partial charge >= 0.3 is 6.03 Å². The summed E-state index contributed by atoms with van der Waals surface area (Å²) in [7, 11) is 1.65. The molecule has 164 valence electrons. The molecule has 1 aromatic carbocycles. The number of aryl methyl sites for hydroxylation is 1. The van der Waals surface area contributed by atoms with Gasteiger partial charge in [-0.15, -0.1) is 0 Å². The maximum Gasteiger partial charge on any atom is 0.321 e. The van der Waals surface area contributed by atoms with E-state index in [1.165, 1.54) is 4.90 Å². The van der Waals surface area contributed by atoms with Crippen LogP contribution in [0.4, 0.5) is 16.2 Å². The van der Waals surface area contributed by atoms with Crippen LogP contribution in [-0.4, -0.2) is 88.0 Å². The number of carbonyl (C=O) groups excluding carboxylic acids is 1. The van der Waals surface area contributed by atoms with Gasteiger partial charge in [0, 0.05) is 31.5 Å². The number of anilines is 2. The third-order valence-electron chi connectivity index (χ3n) is 4.65. The first-order chi connectivity index (χ1) is 13.9. The second-order valence-corrected chi connectivity index (χ2v) is 7.56. The molecule has 1 fully saturated rings. The van der Waals surface area contributed by atoms with Crippen molar-refractivity contribution >= 4 is 17.4 Å². The minimum absolute atomic E-state index is 0.157. The summed E-state index contributed by atoms with van der Waals surface area (Å²) in [4.78, 5) is 16.2. The zero-order valence-corrected chi connectivity index (χ0v) is 18.0. The van der Waals surface area contributed by atoms with Gasteiger partial charge in [-0.05, 0) is 44.5 Å². The summed E-state index contributed by atoms with van der Waals surface area (Å²) < 4.78 is 16.2. The van der Waals surface area contributed by atoms with Gasteiger partial charge in [-0.2, -0.15) is 0 Å². The number of amides is 2. The fraction of sp³-hybridized carbons (Fsp3) is 0.667. The van der Waals surface area contributed by atoms with E-state index in [9.17, 15) is 9.90 Å². The molecule has 0 saturated carbocycles. The Hall–Kier alpha value is -1.87. The summed E-state index contributed by atoms with van der Waals surface area (Å²) >= 11 is 0. The molecule has 0 radical (unpaired) electrons.